The molecule has 1 aromatic rings. The van der Waals surface area contributed by atoms with E-state index in [1.54, 1.807) is 6.08 Å². The van der Waals surface area contributed by atoms with Crippen LogP contribution in [0.2, 0.25) is 0 Å². The van der Waals surface area contributed by atoms with Crippen molar-refractivity contribution in [2.75, 3.05) is 6.54 Å². The highest BCUT2D eigenvalue weighted by atomic mass is 35.5. The molecule has 0 atom stereocenters. The minimum absolute atomic E-state index is 0. The number of hydrogen-bond acceptors (Lipinski definition) is 3. The van der Waals surface area contributed by atoms with Crippen molar-refractivity contribution in [1.29, 1.82) is 0 Å². The van der Waals surface area contributed by atoms with Gasteiger partial charge in [-0.2, -0.15) is 0 Å². The van der Waals surface area contributed by atoms with E-state index in [0.717, 1.165) is 36.8 Å². The predicted octanol–water partition coefficient (Wildman–Crippen LogP) is 2.58. The lowest BCUT2D eigenvalue weighted by Crippen LogP contribution is -2.50. The molecule has 4 nitrogen and oxygen atoms in total. The molecule has 0 amide bonds. The Morgan fingerprint density at radius 1 is 1.24 bits per heavy atom. The normalized spacial score (nSPS) is 17.8. The van der Waals surface area contributed by atoms with Gasteiger partial charge in [-0.15, -0.1) is 12.4 Å². The molecule has 0 saturated heterocycles. The molecular formula is C15H23ClN2O2S. The molecule has 0 bridgehead atoms. The van der Waals surface area contributed by atoms with E-state index in [4.69, 9.17) is 5.73 Å². The molecule has 0 aliphatic heterocycles. The van der Waals surface area contributed by atoms with E-state index in [2.05, 4.69) is 4.72 Å². The summed E-state index contributed by atoms with van der Waals surface area (Å²) in [5.74, 6) is 0. The first-order chi connectivity index (χ1) is 9.45. The van der Waals surface area contributed by atoms with Gasteiger partial charge in [0.1, 0.15) is 0 Å². The summed E-state index contributed by atoms with van der Waals surface area (Å²) < 4.78 is 27.0. The van der Waals surface area contributed by atoms with E-state index in [1.807, 2.05) is 31.2 Å². The van der Waals surface area contributed by atoms with Crippen molar-refractivity contribution >= 4 is 28.5 Å². The highest BCUT2D eigenvalue weighted by Gasteiger charge is 2.35. The molecule has 1 aliphatic carbocycles. The third kappa shape index (κ3) is 5.11. The van der Waals surface area contributed by atoms with Crippen molar-refractivity contribution in [3.8, 4) is 0 Å². The van der Waals surface area contributed by atoms with Crippen LogP contribution in [0.5, 0.6) is 0 Å². The second-order valence-electron chi connectivity index (χ2n) is 5.55. The largest absolute Gasteiger partial charge is 0.329 e. The van der Waals surface area contributed by atoms with Gasteiger partial charge >= 0.3 is 0 Å². The summed E-state index contributed by atoms with van der Waals surface area (Å²) >= 11 is 0. The summed E-state index contributed by atoms with van der Waals surface area (Å²) in [5, 5.41) is 1.23. The molecule has 0 spiro atoms. The Kier molecular flexibility index (Phi) is 6.41. The van der Waals surface area contributed by atoms with Crippen LogP contribution in [0.4, 0.5) is 0 Å². The molecule has 0 heterocycles. The monoisotopic (exact) mass is 330 g/mol. The van der Waals surface area contributed by atoms with Gasteiger partial charge in [0.2, 0.25) is 10.0 Å². The Morgan fingerprint density at radius 2 is 1.81 bits per heavy atom. The van der Waals surface area contributed by atoms with Crippen LogP contribution in [0.25, 0.3) is 6.08 Å². The highest BCUT2D eigenvalue weighted by Crippen LogP contribution is 2.29. The number of hydrogen-bond donors (Lipinski definition) is 2. The maximum atomic E-state index is 12.1. The first-order valence-electron chi connectivity index (χ1n) is 6.94. The number of sulfonamides is 1. The third-order valence-electron chi connectivity index (χ3n) is 3.83. The summed E-state index contributed by atoms with van der Waals surface area (Å²) in [6, 6.07) is 7.71. The lowest BCUT2D eigenvalue weighted by atomic mass is 10.0. The summed E-state index contributed by atoms with van der Waals surface area (Å²) in [5.41, 5.74) is 7.32. The lowest BCUT2D eigenvalue weighted by Gasteiger charge is -2.27. The van der Waals surface area contributed by atoms with Crippen LogP contribution in [-0.4, -0.2) is 20.5 Å². The quantitative estimate of drug-likeness (QED) is 0.871. The third-order valence-corrected chi connectivity index (χ3v) is 5.04. The van der Waals surface area contributed by atoms with Crippen LogP contribution in [-0.2, 0) is 10.0 Å². The average Bonchev–Trinajstić information content (AvgIpc) is 2.87. The van der Waals surface area contributed by atoms with E-state index in [-0.39, 0.29) is 12.4 Å². The molecule has 1 aliphatic rings. The fraction of sp³-hybridized carbons (Fsp3) is 0.467. The summed E-state index contributed by atoms with van der Waals surface area (Å²) in [7, 11) is -3.45. The number of nitrogens with one attached hydrogen (secondary N) is 1. The summed E-state index contributed by atoms with van der Waals surface area (Å²) in [6.45, 7) is 2.35. The SMILES string of the molecule is Cc1ccc(C=CS(=O)(=O)NC2(CN)CCCC2)cc1.Cl. The van der Waals surface area contributed by atoms with Crippen LogP contribution >= 0.6 is 12.4 Å². The Bertz CT molecular complexity index is 576. The van der Waals surface area contributed by atoms with Crippen molar-refractivity contribution in [1.82, 2.24) is 4.72 Å². The van der Waals surface area contributed by atoms with Gasteiger partial charge in [-0.05, 0) is 31.4 Å². The predicted molar refractivity (Wildman–Crippen MR) is 89.8 cm³/mol. The molecule has 6 heteroatoms. The van der Waals surface area contributed by atoms with Crippen LogP contribution in [0.3, 0.4) is 0 Å². The van der Waals surface area contributed by atoms with Crippen molar-refractivity contribution in [2.24, 2.45) is 5.73 Å². The van der Waals surface area contributed by atoms with Crippen molar-refractivity contribution in [2.45, 2.75) is 38.1 Å². The fourth-order valence-electron chi connectivity index (χ4n) is 2.58. The zero-order chi connectivity index (χ0) is 14.6. The van der Waals surface area contributed by atoms with Gasteiger partial charge < -0.3 is 5.73 Å². The molecule has 0 aromatic heterocycles. The van der Waals surface area contributed by atoms with Crippen LogP contribution < -0.4 is 10.5 Å². The number of halogens is 1. The fourth-order valence-corrected chi connectivity index (χ4v) is 3.88. The van der Waals surface area contributed by atoms with Gasteiger partial charge in [-0.3, -0.25) is 0 Å². The zero-order valence-corrected chi connectivity index (χ0v) is 13.8. The number of nitrogens with two attached hydrogens (primary N) is 1. The lowest BCUT2D eigenvalue weighted by molar-refractivity contribution is 0.402. The van der Waals surface area contributed by atoms with E-state index in [9.17, 15) is 8.42 Å². The van der Waals surface area contributed by atoms with E-state index in [0.29, 0.717) is 6.54 Å². The van der Waals surface area contributed by atoms with Crippen LogP contribution in [0.1, 0.15) is 36.8 Å². The maximum Gasteiger partial charge on any atom is 0.234 e. The average molecular weight is 331 g/mol. The number of rotatable bonds is 5. The maximum absolute atomic E-state index is 12.1. The molecule has 1 fully saturated rings. The van der Waals surface area contributed by atoms with Gasteiger partial charge in [0, 0.05) is 17.5 Å². The van der Waals surface area contributed by atoms with E-state index >= 15 is 0 Å². The molecule has 1 aromatic carbocycles. The van der Waals surface area contributed by atoms with Gasteiger partial charge in [-0.1, -0.05) is 42.7 Å². The first kappa shape index (κ1) is 18.2. The minimum atomic E-state index is -3.45. The topological polar surface area (TPSA) is 72.2 Å². The molecule has 0 radical (unpaired) electrons. The zero-order valence-electron chi connectivity index (χ0n) is 12.2. The second kappa shape index (κ2) is 7.40. The van der Waals surface area contributed by atoms with E-state index in [1.165, 1.54) is 5.41 Å². The summed E-state index contributed by atoms with van der Waals surface area (Å²) in [6.07, 6.45) is 5.31. The van der Waals surface area contributed by atoms with Crippen LogP contribution in [0, 0.1) is 6.92 Å². The van der Waals surface area contributed by atoms with Crippen molar-refractivity contribution < 1.29 is 8.42 Å². The van der Waals surface area contributed by atoms with Gasteiger partial charge in [0.15, 0.2) is 0 Å². The highest BCUT2D eigenvalue weighted by molar-refractivity contribution is 7.92. The van der Waals surface area contributed by atoms with Crippen molar-refractivity contribution in [3.63, 3.8) is 0 Å². The van der Waals surface area contributed by atoms with Crippen LogP contribution in [0.15, 0.2) is 29.7 Å². The number of aryl methyl sites for hydroxylation is 1. The molecule has 2 rings (SSSR count). The molecule has 0 unspecified atom stereocenters. The Balaban J connectivity index is 0.00000220. The molecule has 3 N–H and O–H groups in total. The molecule has 118 valence electrons. The molecular weight excluding hydrogens is 308 g/mol. The molecule has 1 saturated carbocycles. The van der Waals surface area contributed by atoms with E-state index < -0.39 is 15.6 Å². The van der Waals surface area contributed by atoms with Gasteiger partial charge in [0.05, 0.1) is 0 Å². The Hall–Kier alpha value is -0.880. The Morgan fingerprint density at radius 3 is 2.33 bits per heavy atom. The molecule has 21 heavy (non-hydrogen) atoms. The van der Waals surface area contributed by atoms with Crippen molar-refractivity contribution in [3.05, 3.63) is 40.8 Å². The standard InChI is InChI=1S/C15H22N2O2S.ClH/c1-13-4-6-14(7-5-13)8-11-20(18,19)17-15(12-16)9-2-3-10-15;/h4-8,11,17H,2-3,9-10,12,16H2,1H3;1H. The second-order valence-corrected chi connectivity index (χ2v) is 7.12. The number of benzene rings is 1. The van der Waals surface area contributed by atoms with Gasteiger partial charge in [0.25, 0.3) is 0 Å². The van der Waals surface area contributed by atoms with Gasteiger partial charge in [-0.25, -0.2) is 13.1 Å². The smallest absolute Gasteiger partial charge is 0.234 e. The Labute approximate surface area is 133 Å². The first-order valence-corrected chi connectivity index (χ1v) is 8.48. The summed E-state index contributed by atoms with van der Waals surface area (Å²) in [4.78, 5) is 0. The minimum Gasteiger partial charge on any atom is -0.329 e.